The summed E-state index contributed by atoms with van der Waals surface area (Å²) in [5.41, 5.74) is 0.859. The molecule has 1 N–H and O–H groups in total. The Morgan fingerprint density at radius 2 is 1.67 bits per heavy atom. The molecule has 242 valence electrons. The number of anilines is 2. The molecule has 45 heavy (non-hydrogen) atoms. The molecule has 1 amide bonds. The van der Waals surface area contributed by atoms with Crippen molar-refractivity contribution in [2.24, 2.45) is 5.41 Å². The third-order valence-corrected chi connectivity index (χ3v) is 11.3. The predicted molar refractivity (Wildman–Crippen MR) is 172 cm³/mol. The number of nitrogens with one attached hydrogen (secondary N) is 1. The van der Waals surface area contributed by atoms with Crippen LogP contribution in [-0.4, -0.2) is 61.0 Å². The van der Waals surface area contributed by atoms with Gasteiger partial charge in [0.15, 0.2) is 32.3 Å². The van der Waals surface area contributed by atoms with Gasteiger partial charge in [-0.15, -0.1) is 0 Å². The highest BCUT2D eigenvalue weighted by molar-refractivity contribution is 7.91. The zero-order valence-electron chi connectivity index (χ0n) is 26.0. The van der Waals surface area contributed by atoms with Gasteiger partial charge < -0.3 is 19.7 Å². The minimum atomic E-state index is -3.95. The lowest BCUT2D eigenvalue weighted by Gasteiger charge is -2.36. The second kappa shape index (κ2) is 14.0. The molecule has 0 spiro atoms. The largest absolute Gasteiger partial charge is 0.482 e. The van der Waals surface area contributed by atoms with E-state index in [1.165, 1.54) is 19.2 Å². The lowest BCUT2D eigenvalue weighted by molar-refractivity contribution is -0.145. The Morgan fingerprint density at radius 1 is 1.02 bits per heavy atom. The average molecular weight is 657 g/mol. The predicted octanol–water partition coefficient (Wildman–Crippen LogP) is 5.01. The molecule has 3 aromatic carbocycles. The van der Waals surface area contributed by atoms with Crippen LogP contribution in [-0.2, 0) is 34.0 Å². The standard InChI is InChI=1S/C33H40N2O8S2/c1-5-7-18-33(6-2)22-35(25-16-12-9-13-17-25)26-19-29(44(4,38)39)27(20-28(26)45(40,41)23-33)43-21-30(36)34-31(32(37)42-3)24-14-10-8-11-15-24/h8-17,19-20,31H,5-7,18,21-23H2,1-4H3,(H,34,36)/t31-,33?/m1/s1. The topological polar surface area (TPSA) is 136 Å². The van der Waals surface area contributed by atoms with Crippen molar-refractivity contribution in [1.29, 1.82) is 0 Å². The zero-order chi connectivity index (χ0) is 32.8. The van der Waals surface area contributed by atoms with Crippen LogP contribution in [0.1, 0.15) is 51.1 Å². The van der Waals surface area contributed by atoms with E-state index >= 15 is 0 Å². The maximum Gasteiger partial charge on any atom is 0.333 e. The second-order valence-corrected chi connectivity index (χ2v) is 15.3. The molecule has 0 aliphatic carbocycles. The van der Waals surface area contributed by atoms with Crippen molar-refractivity contribution in [3.05, 3.63) is 78.4 Å². The molecule has 3 aromatic rings. The molecule has 0 fully saturated rings. The van der Waals surface area contributed by atoms with Crippen LogP contribution >= 0.6 is 0 Å². The van der Waals surface area contributed by atoms with Crippen LogP contribution in [0.2, 0.25) is 0 Å². The fourth-order valence-electron chi connectivity index (χ4n) is 5.66. The molecule has 1 aliphatic heterocycles. The SMILES string of the molecule is CCCCC1(CC)CN(c2ccccc2)c2cc(S(C)(=O)=O)c(OCC(=O)N[C@@H](C(=O)OC)c3ccccc3)cc2S(=O)(=O)C1. The summed E-state index contributed by atoms with van der Waals surface area (Å²) in [5, 5.41) is 2.55. The second-order valence-electron chi connectivity index (χ2n) is 11.4. The Hall–Kier alpha value is -3.90. The van der Waals surface area contributed by atoms with Gasteiger partial charge in [-0.3, -0.25) is 4.79 Å². The number of carbonyl (C=O) groups excluding carboxylic acids is 2. The highest BCUT2D eigenvalue weighted by Crippen LogP contribution is 2.46. The highest BCUT2D eigenvalue weighted by atomic mass is 32.2. The number of carbonyl (C=O) groups is 2. The fraction of sp³-hybridized carbons (Fsp3) is 0.394. The molecule has 0 aromatic heterocycles. The van der Waals surface area contributed by atoms with Gasteiger partial charge in [-0.2, -0.15) is 0 Å². The minimum Gasteiger partial charge on any atom is -0.482 e. The molecule has 0 saturated heterocycles. The summed E-state index contributed by atoms with van der Waals surface area (Å²) in [7, 11) is -6.70. The summed E-state index contributed by atoms with van der Waals surface area (Å²) in [6.07, 6.45) is 4.03. The van der Waals surface area contributed by atoms with Crippen molar-refractivity contribution < 1.29 is 35.9 Å². The van der Waals surface area contributed by atoms with Crippen molar-refractivity contribution in [3.8, 4) is 5.75 Å². The molecular formula is C33H40N2O8S2. The lowest BCUT2D eigenvalue weighted by Crippen LogP contribution is -2.37. The van der Waals surface area contributed by atoms with Crippen LogP contribution in [0.5, 0.6) is 5.75 Å². The van der Waals surface area contributed by atoms with Crippen molar-refractivity contribution in [3.63, 3.8) is 0 Å². The number of hydrogen-bond donors (Lipinski definition) is 1. The van der Waals surface area contributed by atoms with Gasteiger partial charge in [0.25, 0.3) is 5.91 Å². The maximum absolute atomic E-state index is 14.1. The van der Waals surface area contributed by atoms with Crippen LogP contribution in [0.25, 0.3) is 0 Å². The molecule has 1 heterocycles. The molecule has 0 bridgehead atoms. The van der Waals surface area contributed by atoms with E-state index in [9.17, 15) is 26.4 Å². The van der Waals surface area contributed by atoms with Crippen LogP contribution in [0.15, 0.2) is 82.6 Å². The van der Waals surface area contributed by atoms with E-state index in [1.54, 1.807) is 30.3 Å². The van der Waals surface area contributed by atoms with Crippen molar-refractivity contribution >= 4 is 42.9 Å². The van der Waals surface area contributed by atoms with Gasteiger partial charge in [-0.05, 0) is 36.6 Å². The first-order valence-electron chi connectivity index (χ1n) is 14.8. The Balaban J connectivity index is 1.77. The molecule has 4 rings (SSSR count). The molecule has 0 saturated carbocycles. The fourth-order valence-corrected chi connectivity index (χ4v) is 8.64. The number of rotatable bonds is 12. The summed E-state index contributed by atoms with van der Waals surface area (Å²) in [6, 6.07) is 19.2. The summed E-state index contributed by atoms with van der Waals surface area (Å²) < 4.78 is 65.0. The number of hydrogen-bond acceptors (Lipinski definition) is 9. The third kappa shape index (κ3) is 7.85. The average Bonchev–Trinajstić information content (AvgIpc) is 3.12. The first-order chi connectivity index (χ1) is 21.3. The lowest BCUT2D eigenvalue weighted by atomic mass is 9.81. The Labute approximate surface area is 265 Å². The molecule has 2 atom stereocenters. The summed E-state index contributed by atoms with van der Waals surface area (Å²) in [5.74, 6) is -1.83. The highest BCUT2D eigenvalue weighted by Gasteiger charge is 2.42. The van der Waals surface area contributed by atoms with E-state index in [2.05, 4.69) is 12.2 Å². The van der Waals surface area contributed by atoms with Gasteiger partial charge in [0.05, 0.1) is 23.4 Å². The number of unbranched alkanes of at least 4 members (excludes halogenated alkanes) is 1. The number of methoxy groups -OCH3 is 1. The van der Waals surface area contributed by atoms with Crippen molar-refractivity contribution in [2.45, 2.75) is 55.4 Å². The third-order valence-electron chi connectivity index (χ3n) is 8.15. The molecule has 12 heteroatoms. The van der Waals surface area contributed by atoms with E-state index in [0.717, 1.165) is 24.8 Å². The molecule has 1 unspecified atom stereocenters. The Morgan fingerprint density at radius 3 is 2.24 bits per heavy atom. The van der Waals surface area contributed by atoms with Gasteiger partial charge in [-0.25, -0.2) is 21.6 Å². The number of fused-ring (bicyclic) bond motifs is 1. The van der Waals surface area contributed by atoms with Gasteiger partial charge in [0, 0.05) is 30.0 Å². The van der Waals surface area contributed by atoms with Crippen LogP contribution in [0.4, 0.5) is 11.4 Å². The monoisotopic (exact) mass is 656 g/mol. The summed E-state index contributed by atoms with van der Waals surface area (Å²) >= 11 is 0. The Bertz CT molecular complexity index is 1730. The van der Waals surface area contributed by atoms with Gasteiger partial charge in [0.2, 0.25) is 0 Å². The van der Waals surface area contributed by atoms with E-state index in [0.29, 0.717) is 24.9 Å². The van der Waals surface area contributed by atoms with Crippen LogP contribution in [0.3, 0.4) is 0 Å². The van der Waals surface area contributed by atoms with E-state index < -0.39 is 49.6 Å². The number of sulfone groups is 2. The Kier molecular flexibility index (Phi) is 10.6. The van der Waals surface area contributed by atoms with E-state index in [1.807, 2.05) is 42.2 Å². The number of esters is 1. The summed E-state index contributed by atoms with van der Waals surface area (Å²) in [6.45, 7) is 3.74. The van der Waals surface area contributed by atoms with E-state index in [4.69, 9.17) is 9.47 Å². The number of para-hydroxylation sites is 1. The number of ether oxygens (including phenoxy) is 2. The smallest absolute Gasteiger partial charge is 0.333 e. The van der Waals surface area contributed by atoms with Crippen molar-refractivity contribution in [2.75, 3.05) is 37.2 Å². The van der Waals surface area contributed by atoms with Crippen LogP contribution in [0, 0.1) is 5.41 Å². The molecule has 10 nitrogen and oxygen atoms in total. The minimum absolute atomic E-state index is 0.0716. The molecular weight excluding hydrogens is 617 g/mol. The first-order valence-corrected chi connectivity index (χ1v) is 18.4. The van der Waals surface area contributed by atoms with Gasteiger partial charge in [-0.1, -0.05) is 75.2 Å². The number of benzene rings is 3. The zero-order valence-corrected chi connectivity index (χ0v) is 27.6. The van der Waals surface area contributed by atoms with Gasteiger partial charge >= 0.3 is 5.97 Å². The number of amides is 1. The van der Waals surface area contributed by atoms with Crippen LogP contribution < -0.4 is 15.0 Å². The normalized spacial score (nSPS) is 18.3. The quantitative estimate of drug-likeness (QED) is 0.267. The summed E-state index contributed by atoms with van der Waals surface area (Å²) in [4.78, 5) is 27.0. The molecule has 1 aliphatic rings. The molecule has 0 radical (unpaired) electrons. The number of nitrogens with zero attached hydrogens (tertiary/aromatic N) is 1. The maximum atomic E-state index is 14.1. The van der Waals surface area contributed by atoms with Gasteiger partial charge in [0.1, 0.15) is 10.6 Å². The van der Waals surface area contributed by atoms with Crippen molar-refractivity contribution in [1.82, 2.24) is 5.32 Å². The van der Waals surface area contributed by atoms with E-state index in [-0.39, 0.29) is 27.0 Å². The first kappa shape index (κ1) is 34.0.